The molecule has 1 N–H and O–H groups in total. The van der Waals surface area contributed by atoms with Crippen LogP contribution < -0.4 is 0 Å². The Labute approximate surface area is 103 Å². The summed E-state index contributed by atoms with van der Waals surface area (Å²) in [5.41, 5.74) is 2.25. The minimum Gasteiger partial charge on any atom is -0.263 e. The Morgan fingerprint density at radius 3 is 2.94 bits per heavy atom. The first-order valence-electron chi connectivity index (χ1n) is 5.39. The van der Waals surface area contributed by atoms with Crippen LogP contribution in [0.1, 0.15) is 24.7 Å². The van der Waals surface area contributed by atoms with E-state index in [1.165, 1.54) is 5.56 Å². The van der Waals surface area contributed by atoms with E-state index in [0.717, 1.165) is 34.5 Å². The Morgan fingerprint density at radius 1 is 1.38 bits per heavy atom. The van der Waals surface area contributed by atoms with Crippen LogP contribution in [0.2, 0.25) is 0 Å². The summed E-state index contributed by atoms with van der Waals surface area (Å²) in [4.78, 5) is 4.48. The van der Waals surface area contributed by atoms with Crippen LogP contribution in [0.15, 0.2) is 22.7 Å². The van der Waals surface area contributed by atoms with E-state index in [-0.39, 0.29) is 0 Å². The highest BCUT2D eigenvalue weighted by molar-refractivity contribution is 9.10. The second-order valence-corrected chi connectivity index (χ2v) is 4.62. The first kappa shape index (κ1) is 11.3. The SMILES string of the molecule is CCCc1nc(-c2cccc(Br)c2C)n[nH]1. The predicted molar refractivity (Wildman–Crippen MR) is 68.3 cm³/mol. The number of aromatic nitrogens is 3. The van der Waals surface area contributed by atoms with Gasteiger partial charge in [0.1, 0.15) is 5.82 Å². The Bertz CT molecular complexity index is 491. The zero-order valence-corrected chi connectivity index (χ0v) is 11.0. The molecule has 0 fully saturated rings. The molecule has 3 nitrogen and oxygen atoms in total. The lowest BCUT2D eigenvalue weighted by Gasteiger charge is -2.02. The molecule has 0 amide bonds. The molecule has 0 aliphatic carbocycles. The second-order valence-electron chi connectivity index (χ2n) is 3.77. The third kappa shape index (κ3) is 2.16. The summed E-state index contributed by atoms with van der Waals surface area (Å²) >= 11 is 3.52. The van der Waals surface area contributed by atoms with Gasteiger partial charge < -0.3 is 0 Å². The number of aryl methyl sites for hydroxylation is 1. The van der Waals surface area contributed by atoms with Crippen LogP contribution in [-0.2, 0) is 6.42 Å². The fourth-order valence-corrected chi connectivity index (χ4v) is 1.98. The predicted octanol–water partition coefficient (Wildman–Crippen LogP) is 3.50. The van der Waals surface area contributed by atoms with Crippen molar-refractivity contribution in [2.24, 2.45) is 0 Å². The normalized spacial score (nSPS) is 10.7. The lowest BCUT2D eigenvalue weighted by atomic mass is 10.1. The maximum Gasteiger partial charge on any atom is 0.181 e. The summed E-state index contributed by atoms with van der Waals surface area (Å²) in [6, 6.07) is 6.07. The number of H-pyrrole nitrogens is 1. The Kier molecular flexibility index (Phi) is 3.39. The molecule has 2 rings (SSSR count). The Morgan fingerprint density at radius 2 is 2.19 bits per heavy atom. The van der Waals surface area contributed by atoms with Crippen molar-refractivity contribution in [2.45, 2.75) is 26.7 Å². The highest BCUT2D eigenvalue weighted by atomic mass is 79.9. The first-order chi connectivity index (χ1) is 7.72. The standard InChI is InChI=1S/C12H14BrN3/c1-3-5-11-14-12(16-15-11)9-6-4-7-10(13)8(9)2/h4,6-7H,3,5H2,1-2H3,(H,14,15,16). The van der Waals surface area contributed by atoms with Crippen LogP contribution in [0.25, 0.3) is 11.4 Å². The van der Waals surface area contributed by atoms with E-state index >= 15 is 0 Å². The molecule has 84 valence electrons. The smallest absolute Gasteiger partial charge is 0.181 e. The van der Waals surface area contributed by atoms with Gasteiger partial charge in [-0.3, -0.25) is 5.10 Å². The van der Waals surface area contributed by atoms with Crippen LogP contribution in [0.5, 0.6) is 0 Å². The molecule has 0 saturated heterocycles. The Balaban J connectivity index is 2.39. The van der Waals surface area contributed by atoms with Crippen LogP contribution in [0.4, 0.5) is 0 Å². The number of nitrogens with one attached hydrogen (secondary N) is 1. The average Bonchev–Trinajstić information content (AvgIpc) is 2.71. The van der Waals surface area contributed by atoms with E-state index in [1.807, 2.05) is 18.2 Å². The largest absolute Gasteiger partial charge is 0.263 e. The zero-order chi connectivity index (χ0) is 11.5. The monoisotopic (exact) mass is 279 g/mol. The molecule has 4 heteroatoms. The first-order valence-corrected chi connectivity index (χ1v) is 6.18. The molecule has 1 aromatic heterocycles. The highest BCUT2D eigenvalue weighted by Gasteiger charge is 2.09. The molecule has 0 spiro atoms. The van der Waals surface area contributed by atoms with Crippen molar-refractivity contribution in [3.63, 3.8) is 0 Å². The van der Waals surface area contributed by atoms with Gasteiger partial charge in [0.15, 0.2) is 5.82 Å². The van der Waals surface area contributed by atoms with Gasteiger partial charge in [-0.25, -0.2) is 4.98 Å². The van der Waals surface area contributed by atoms with Gasteiger partial charge in [0.2, 0.25) is 0 Å². The number of aromatic amines is 1. The number of hydrogen-bond acceptors (Lipinski definition) is 2. The van der Waals surface area contributed by atoms with Crippen molar-refractivity contribution in [1.82, 2.24) is 15.2 Å². The van der Waals surface area contributed by atoms with Crippen molar-refractivity contribution >= 4 is 15.9 Å². The fraction of sp³-hybridized carbons (Fsp3) is 0.333. The molecule has 0 atom stereocenters. The fourth-order valence-electron chi connectivity index (χ4n) is 1.61. The van der Waals surface area contributed by atoms with Crippen molar-refractivity contribution in [3.8, 4) is 11.4 Å². The summed E-state index contributed by atoms with van der Waals surface area (Å²) in [5.74, 6) is 1.74. The molecule has 0 bridgehead atoms. The van der Waals surface area contributed by atoms with Gasteiger partial charge in [-0.05, 0) is 25.0 Å². The number of hydrogen-bond donors (Lipinski definition) is 1. The van der Waals surface area contributed by atoms with Gasteiger partial charge >= 0.3 is 0 Å². The third-order valence-electron chi connectivity index (χ3n) is 2.53. The van der Waals surface area contributed by atoms with Gasteiger partial charge in [0, 0.05) is 16.5 Å². The molecule has 0 unspecified atom stereocenters. The van der Waals surface area contributed by atoms with Crippen LogP contribution >= 0.6 is 15.9 Å². The van der Waals surface area contributed by atoms with Crippen molar-refractivity contribution < 1.29 is 0 Å². The summed E-state index contributed by atoms with van der Waals surface area (Å²) < 4.78 is 1.09. The maximum absolute atomic E-state index is 4.48. The average molecular weight is 280 g/mol. The van der Waals surface area contributed by atoms with E-state index < -0.39 is 0 Å². The topological polar surface area (TPSA) is 41.6 Å². The van der Waals surface area contributed by atoms with E-state index in [4.69, 9.17) is 0 Å². The highest BCUT2D eigenvalue weighted by Crippen LogP contribution is 2.26. The number of nitrogens with zero attached hydrogens (tertiary/aromatic N) is 2. The van der Waals surface area contributed by atoms with Gasteiger partial charge in [-0.15, -0.1) is 0 Å². The quantitative estimate of drug-likeness (QED) is 0.935. The molecule has 0 radical (unpaired) electrons. The molecule has 1 heterocycles. The summed E-state index contributed by atoms with van der Waals surface area (Å²) in [6.45, 7) is 4.20. The number of benzene rings is 1. The summed E-state index contributed by atoms with van der Waals surface area (Å²) in [6.07, 6.45) is 2.02. The van der Waals surface area contributed by atoms with Gasteiger partial charge in [-0.2, -0.15) is 5.10 Å². The molecular formula is C12H14BrN3. The molecular weight excluding hydrogens is 266 g/mol. The lowest BCUT2D eigenvalue weighted by molar-refractivity contribution is 0.841. The molecule has 0 aliphatic rings. The van der Waals surface area contributed by atoms with Crippen molar-refractivity contribution in [3.05, 3.63) is 34.1 Å². The summed E-state index contributed by atoms with van der Waals surface area (Å²) in [7, 11) is 0. The number of halogens is 1. The van der Waals surface area contributed by atoms with Gasteiger partial charge in [0.05, 0.1) is 0 Å². The van der Waals surface area contributed by atoms with E-state index in [1.54, 1.807) is 0 Å². The zero-order valence-electron chi connectivity index (χ0n) is 9.42. The molecule has 1 aromatic carbocycles. The molecule has 0 saturated carbocycles. The number of rotatable bonds is 3. The van der Waals surface area contributed by atoms with Crippen molar-refractivity contribution in [1.29, 1.82) is 0 Å². The van der Waals surface area contributed by atoms with E-state index in [0.29, 0.717) is 0 Å². The van der Waals surface area contributed by atoms with Crippen LogP contribution in [0.3, 0.4) is 0 Å². The minimum atomic E-state index is 0.780. The molecule has 16 heavy (non-hydrogen) atoms. The maximum atomic E-state index is 4.48. The van der Waals surface area contributed by atoms with E-state index in [9.17, 15) is 0 Å². The molecule has 2 aromatic rings. The van der Waals surface area contributed by atoms with Crippen LogP contribution in [-0.4, -0.2) is 15.2 Å². The lowest BCUT2D eigenvalue weighted by Crippen LogP contribution is -1.87. The Hall–Kier alpha value is -1.16. The second kappa shape index (κ2) is 4.78. The van der Waals surface area contributed by atoms with Gasteiger partial charge in [0.25, 0.3) is 0 Å². The third-order valence-corrected chi connectivity index (χ3v) is 3.39. The summed E-state index contributed by atoms with van der Waals surface area (Å²) in [5, 5.41) is 7.23. The van der Waals surface area contributed by atoms with Crippen LogP contribution in [0, 0.1) is 6.92 Å². The molecule has 0 aliphatic heterocycles. The van der Waals surface area contributed by atoms with E-state index in [2.05, 4.69) is 45.0 Å². The van der Waals surface area contributed by atoms with Gasteiger partial charge in [-0.1, -0.05) is 35.0 Å². The minimum absolute atomic E-state index is 0.780. The van der Waals surface area contributed by atoms with Crippen molar-refractivity contribution in [2.75, 3.05) is 0 Å².